The molecule has 4 N–H and O–H groups in total. The van der Waals surface area contributed by atoms with E-state index in [-0.39, 0.29) is 37.2 Å². The number of amides is 6. The Labute approximate surface area is 287 Å². The second-order valence-corrected chi connectivity index (χ2v) is 13.4. The lowest BCUT2D eigenvalue weighted by Crippen LogP contribution is -2.53. The fourth-order valence-corrected chi connectivity index (χ4v) is 6.88. The number of nitrogens with zero attached hydrogens (tertiary/aromatic N) is 2. The van der Waals surface area contributed by atoms with E-state index in [2.05, 4.69) is 16.0 Å². The van der Waals surface area contributed by atoms with Crippen LogP contribution in [0.2, 0.25) is 0 Å². The van der Waals surface area contributed by atoms with Crippen molar-refractivity contribution in [2.45, 2.75) is 89.9 Å². The van der Waals surface area contributed by atoms with E-state index in [1.165, 1.54) is 0 Å². The van der Waals surface area contributed by atoms with Crippen LogP contribution in [0.1, 0.15) is 81.5 Å². The lowest BCUT2D eigenvalue weighted by molar-refractivity contribution is -0.142. The number of urea groups is 2. The molecule has 0 unspecified atom stereocenters. The molecule has 0 aromatic heterocycles. The molecule has 1 saturated carbocycles. The third kappa shape index (κ3) is 8.10. The molecule has 3 aromatic rings. The molecule has 3 aromatic carbocycles. The lowest BCUT2D eigenvalue weighted by Gasteiger charge is -2.38. The quantitative estimate of drug-likeness (QED) is 0.155. The van der Waals surface area contributed by atoms with E-state index in [9.17, 15) is 29.1 Å². The second-order valence-electron chi connectivity index (χ2n) is 13.4. The van der Waals surface area contributed by atoms with Crippen molar-refractivity contribution >= 4 is 41.2 Å². The summed E-state index contributed by atoms with van der Waals surface area (Å²) < 4.78 is 0. The summed E-state index contributed by atoms with van der Waals surface area (Å²) in [5.41, 5.74) is 2.53. The molecule has 1 spiro atoms. The van der Waals surface area contributed by atoms with Crippen LogP contribution in [0.15, 0.2) is 78.9 Å². The van der Waals surface area contributed by atoms with Crippen molar-refractivity contribution < 1.29 is 29.1 Å². The van der Waals surface area contributed by atoms with Gasteiger partial charge in [-0.25, -0.2) is 14.5 Å². The lowest BCUT2D eigenvalue weighted by atomic mass is 9.80. The molecule has 258 valence electrons. The zero-order valence-corrected chi connectivity index (χ0v) is 28.3. The first-order valence-corrected chi connectivity index (χ1v) is 16.9. The Bertz CT molecular complexity index is 1670. The maximum Gasteiger partial charge on any atom is 0.328 e. The number of carbonyl (C=O) groups is 5. The summed E-state index contributed by atoms with van der Waals surface area (Å²) in [6, 6.07) is 20.6. The van der Waals surface area contributed by atoms with E-state index in [0.29, 0.717) is 29.8 Å². The Morgan fingerprint density at radius 1 is 0.857 bits per heavy atom. The highest BCUT2D eigenvalue weighted by atomic mass is 16.4. The number of anilines is 2. The zero-order valence-electron chi connectivity index (χ0n) is 28.3. The third-order valence-corrected chi connectivity index (χ3v) is 9.40. The molecule has 11 nitrogen and oxygen atoms in total. The number of aryl methyl sites for hydroxylation is 1. The van der Waals surface area contributed by atoms with Crippen LogP contribution in [0.5, 0.6) is 0 Å². The van der Waals surface area contributed by atoms with Gasteiger partial charge in [-0.05, 0) is 67.0 Å². The van der Waals surface area contributed by atoms with Crippen molar-refractivity contribution in [3.63, 3.8) is 0 Å². The highest BCUT2D eigenvalue weighted by Gasteiger charge is 2.59. The summed E-state index contributed by atoms with van der Waals surface area (Å²) in [4.78, 5) is 69.9. The van der Waals surface area contributed by atoms with Gasteiger partial charge in [0, 0.05) is 17.9 Å². The van der Waals surface area contributed by atoms with E-state index >= 15 is 0 Å². The van der Waals surface area contributed by atoms with Crippen LogP contribution in [0.25, 0.3) is 0 Å². The number of carboxylic acid groups (broad SMARTS) is 1. The molecule has 0 radical (unpaired) electrons. The number of imide groups is 1. The Balaban J connectivity index is 1.37. The van der Waals surface area contributed by atoms with E-state index < -0.39 is 35.5 Å². The number of benzene rings is 3. The van der Waals surface area contributed by atoms with Gasteiger partial charge in [0.1, 0.15) is 11.6 Å². The standard InChI is InChI=1S/C38H45N5O6/c1-25(2)22-32(34(46)40-31(23-33(44)45)28-13-6-4-7-14-28)43-35(47)38(20-10-5-11-21-38)42(37(43)49)24-27-16-18-29(19-17-27)39-36(48)41-30-15-9-8-12-26(30)3/h4,6-9,12-19,25,31-32H,5,10-11,20-24H2,1-3H3,(H,40,46)(H,44,45)(H2,39,41,48)/t31-,32-/m0/s1. The molecule has 1 heterocycles. The molecule has 2 fully saturated rings. The third-order valence-electron chi connectivity index (χ3n) is 9.40. The summed E-state index contributed by atoms with van der Waals surface area (Å²) >= 11 is 0. The molecule has 2 atom stereocenters. The zero-order chi connectivity index (χ0) is 35.1. The van der Waals surface area contributed by atoms with Crippen LogP contribution in [-0.2, 0) is 20.9 Å². The number of carboxylic acids is 1. The molecule has 1 saturated heterocycles. The molecule has 0 bridgehead atoms. The van der Waals surface area contributed by atoms with Crippen LogP contribution >= 0.6 is 0 Å². The number of hydrogen-bond acceptors (Lipinski definition) is 5. The van der Waals surface area contributed by atoms with Gasteiger partial charge >= 0.3 is 18.0 Å². The van der Waals surface area contributed by atoms with Gasteiger partial charge in [-0.2, -0.15) is 0 Å². The minimum Gasteiger partial charge on any atom is -0.481 e. The Morgan fingerprint density at radius 3 is 2.14 bits per heavy atom. The summed E-state index contributed by atoms with van der Waals surface area (Å²) in [5.74, 6) is -2.05. The van der Waals surface area contributed by atoms with Crippen LogP contribution < -0.4 is 16.0 Å². The minimum absolute atomic E-state index is 0.0367. The first-order valence-electron chi connectivity index (χ1n) is 16.9. The Kier molecular flexibility index (Phi) is 11.0. The number of aliphatic carboxylic acids is 1. The summed E-state index contributed by atoms with van der Waals surface area (Å²) in [6.07, 6.45) is 3.37. The van der Waals surface area contributed by atoms with E-state index in [0.717, 1.165) is 35.3 Å². The summed E-state index contributed by atoms with van der Waals surface area (Å²) in [6.45, 7) is 5.90. The molecule has 2 aliphatic rings. The van der Waals surface area contributed by atoms with E-state index in [1.54, 1.807) is 47.4 Å². The van der Waals surface area contributed by atoms with E-state index in [4.69, 9.17) is 0 Å². The first-order chi connectivity index (χ1) is 23.5. The number of hydrogen-bond donors (Lipinski definition) is 4. The molecular weight excluding hydrogens is 622 g/mol. The number of para-hydroxylation sites is 1. The number of nitrogens with one attached hydrogen (secondary N) is 3. The van der Waals surface area contributed by atoms with Crippen LogP contribution in [-0.4, -0.2) is 56.3 Å². The highest BCUT2D eigenvalue weighted by Crippen LogP contribution is 2.43. The van der Waals surface area contributed by atoms with Gasteiger partial charge in [-0.1, -0.05) is 93.8 Å². The van der Waals surface area contributed by atoms with Gasteiger partial charge in [0.2, 0.25) is 5.91 Å². The summed E-state index contributed by atoms with van der Waals surface area (Å²) in [5, 5.41) is 18.1. The largest absolute Gasteiger partial charge is 0.481 e. The van der Waals surface area contributed by atoms with Crippen LogP contribution in [0.4, 0.5) is 21.0 Å². The Morgan fingerprint density at radius 2 is 1.51 bits per heavy atom. The molecule has 5 rings (SSSR count). The van der Waals surface area contributed by atoms with Crippen molar-refractivity contribution in [1.82, 2.24) is 15.1 Å². The first kappa shape index (κ1) is 35.1. The fourth-order valence-electron chi connectivity index (χ4n) is 6.88. The van der Waals surface area contributed by atoms with Crippen molar-refractivity contribution in [2.24, 2.45) is 5.92 Å². The average molecular weight is 668 g/mol. The van der Waals surface area contributed by atoms with Gasteiger partial charge in [-0.3, -0.25) is 14.4 Å². The number of carbonyl (C=O) groups excluding carboxylic acids is 4. The predicted octanol–water partition coefficient (Wildman–Crippen LogP) is 6.85. The van der Waals surface area contributed by atoms with Crippen LogP contribution in [0.3, 0.4) is 0 Å². The number of rotatable bonds is 12. The molecule has 11 heteroatoms. The van der Waals surface area contributed by atoms with Gasteiger partial charge in [0.05, 0.1) is 12.5 Å². The fraction of sp³-hybridized carbons (Fsp3) is 0.395. The van der Waals surface area contributed by atoms with Crippen molar-refractivity contribution in [1.29, 1.82) is 0 Å². The van der Waals surface area contributed by atoms with Gasteiger partial charge in [0.15, 0.2) is 0 Å². The smallest absolute Gasteiger partial charge is 0.328 e. The highest BCUT2D eigenvalue weighted by molar-refractivity contribution is 6.10. The van der Waals surface area contributed by atoms with Crippen molar-refractivity contribution in [2.75, 3.05) is 10.6 Å². The van der Waals surface area contributed by atoms with Crippen molar-refractivity contribution in [3.05, 3.63) is 95.6 Å². The van der Waals surface area contributed by atoms with E-state index in [1.807, 2.05) is 57.2 Å². The van der Waals surface area contributed by atoms with Gasteiger partial charge in [-0.15, -0.1) is 0 Å². The molecule has 1 aliphatic heterocycles. The van der Waals surface area contributed by atoms with Gasteiger partial charge in [0.25, 0.3) is 5.91 Å². The maximum absolute atomic E-state index is 14.4. The molecule has 49 heavy (non-hydrogen) atoms. The molecule has 6 amide bonds. The molecule has 1 aliphatic carbocycles. The summed E-state index contributed by atoms with van der Waals surface area (Å²) in [7, 11) is 0. The SMILES string of the molecule is Cc1ccccc1NC(=O)Nc1ccc(CN2C(=O)N([C@@H](CC(C)C)C(=O)N[C@@H](CC(=O)O)c3ccccc3)C(=O)C23CCCCC3)cc1. The molecular formula is C38H45N5O6. The second kappa shape index (κ2) is 15.4. The minimum atomic E-state index is -1.11. The van der Waals surface area contributed by atoms with Crippen LogP contribution in [0, 0.1) is 12.8 Å². The van der Waals surface area contributed by atoms with Crippen molar-refractivity contribution in [3.8, 4) is 0 Å². The normalized spacial score (nSPS) is 16.8. The maximum atomic E-state index is 14.4. The Hall–Kier alpha value is -5.19. The van der Waals surface area contributed by atoms with Gasteiger partial charge < -0.3 is 26.0 Å². The topological polar surface area (TPSA) is 148 Å². The predicted molar refractivity (Wildman–Crippen MR) is 187 cm³/mol. The average Bonchev–Trinajstić information content (AvgIpc) is 3.26. The monoisotopic (exact) mass is 667 g/mol.